The zero-order valence-corrected chi connectivity index (χ0v) is 17.7. The molecule has 7 atom stereocenters. The molecule has 0 heterocycles. The largest absolute Gasteiger partial charge is 0.394 e. The first kappa shape index (κ1) is 28.6. The van der Waals surface area contributed by atoms with Gasteiger partial charge in [-0.05, 0) is 13.3 Å². The predicted molar refractivity (Wildman–Crippen MR) is 101 cm³/mol. The maximum atomic E-state index is 9.90. The van der Waals surface area contributed by atoms with E-state index in [9.17, 15) is 20.4 Å². The van der Waals surface area contributed by atoms with Gasteiger partial charge in [0.1, 0.15) is 31.0 Å². The van der Waals surface area contributed by atoms with Crippen LogP contribution in [0, 0.1) is 0 Å². The lowest BCUT2D eigenvalue weighted by atomic mass is 10.2. The third-order valence-electron chi connectivity index (χ3n) is 4.07. The van der Waals surface area contributed by atoms with Crippen molar-refractivity contribution in [2.75, 3.05) is 53.9 Å². The molecule has 0 fully saturated rings. The van der Waals surface area contributed by atoms with E-state index < -0.39 is 56.8 Å². The van der Waals surface area contributed by atoms with E-state index in [4.69, 9.17) is 33.5 Å². The molecule has 0 aliphatic carbocycles. The van der Waals surface area contributed by atoms with Gasteiger partial charge in [0.15, 0.2) is 12.6 Å². The van der Waals surface area contributed by atoms with Crippen LogP contribution in [0.5, 0.6) is 0 Å². The van der Waals surface area contributed by atoms with Gasteiger partial charge in [-0.25, -0.2) is 0 Å². The van der Waals surface area contributed by atoms with Crippen LogP contribution in [0.25, 0.3) is 0 Å². The third-order valence-corrected chi connectivity index (χ3v) is 4.07. The molecule has 0 saturated carbocycles. The Bertz CT molecular complexity index is 374. The minimum atomic E-state index is -1.22. The van der Waals surface area contributed by atoms with Crippen molar-refractivity contribution in [1.29, 1.82) is 0 Å². The second kappa shape index (κ2) is 17.3. The molecule has 0 spiro atoms. The van der Waals surface area contributed by atoms with Crippen molar-refractivity contribution in [3.05, 3.63) is 0 Å². The smallest absolute Gasteiger partial charge is 0.181 e. The fourth-order valence-corrected chi connectivity index (χ4v) is 2.22. The summed E-state index contributed by atoms with van der Waals surface area (Å²) in [6.07, 6.45) is -5.79. The minimum absolute atomic E-state index is 0.0145. The SMILES string of the molecule is CCC(C)O[C@@H](CO[C@@H](CO)OC(COC)[C@@H](O)CO)OC(COC)[C@@H](O)CO. The Morgan fingerprint density at radius 2 is 1.17 bits per heavy atom. The van der Waals surface area contributed by atoms with Gasteiger partial charge in [-0.2, -0.15) is 0 Å². The molecule has 0 aliphatic rings. The highest BCUT2D eigenvalue weighted by Gasteiger charge is 2.28. The first-order valence-corrected chi connectivity index (χ1v) is 9.61. The first-order valence-electron chi connectivity index (χ1n) is 9.61. The van der Waals surface area contributed by atoms with Crippen molar-refractivity contribution >= 4 is 0 Å². The summed E-state index contributed by atoms with van der Waals surface area (Å²) in [5.74, 6) is 0. The van der Waals surface area contributed by atoms with E-state index in [0.29, 0.717) is 6.42 Å². The van der Waals surface area contributed by atoms with Crippen molar-refractivity contribution in [1.82, 2.24) is 0 Å². The second-order valence-corrected chi connectivity index (χ2v) is 6.49. The Kier molecular flexibility index (Phi) is 17.0. The molecule has 11 nitrogen and oxygen atoms in total. The number of aliphatic hydroxyl groups is 5. The van der Waals surface area contributed by atoms with Gasteiger partial charge in [-0.3, -0.25) is 0 Å². The Labute approximate surface area is 172 Å². The number of rotatable bonds is 19. The van der Waals surface area contributed by atoms with Crippen LogP contribution in [-0.2, 0) is 28.4 Å². The van der Waals surface area contributed by atoms with Crippen LogP contribution in [0.3, 0.4) is 0 Å². The molecule has 0 aromatic heterocycles. The lowest BCUT2D eigenvalue weighted by Gasteiger charge is -2.31. The molecule has 29 heavy (non-hydrogen) atoms. The van der Waals surface area contributed by atoms with Gasteiger partial charge in [0, 0.05) is 14.2 Å². The van der Waals surface area contributed by atoms with Crippen LogP contribution in [0.2, 0.25) is 0 Å². The summed E-state index contributed by atoms with van der Waals surface area (Å²) in [7, 11) is 2.83. The van der Waals surface area contributed by atoms with Gasteiger partial charge in [-0.1, -0.05) is 6.92 Å². The third kappa shape index (κ3) is 12.1. The first-order chi connectivity index (χ1) is 13.9. The van der Waals surface area contributed by atoms with Crippen LogP contribution in [0.4, 0.5) is 0 Å². The number of ether oxygens (including phenoxy) is 6. The van der Waals surface area contributed by atoms with E-state index in [1.54, 1.807) is 0 Å². The lowest BCUT2D eigenvalue weighted by Crippen LogP contribution is -2.44. The van der Waals surface area contributed by atoms with E-state index >= 15 is 0 Å². The summed E-state index contributed by atoms with van der Waals surface area (Å²) in [6.45, 7) is 1.96. The monoisotopic (exact) mass is 430 g/mol. The molecule has 0 rings (SSSR count). The van der Waals surface area contributed by atoms with Crippen LogP contribution < -0.4 is 0 Å². The molecule has 5 N–H and O–H groups in total. The summed E-state index contributed by atoms with van der Waals surface area (Å²) in [6, 6.07) is 0. The van der Waals surface area contributed by atoms with Gasteiger partial charge in [0.05, 0.1) is 39.1 Å². The Hall–Kier alpha value is -0.440. The van der Waals surface area contributed by atoms with Crippen molar-refractivity contribution in [3.8, 4) is 0 Å². The van der Waals surface area contributed by atoms with Gasteiger partial charge in [-0.15, -0.1) is 0 Å². The lowest BCUT2D eigenvalue weighted by molar-refractivity contribution is -0.275. The molecule has 3 unspecified atom stereocenters. The Balaban J connectivity index is 5.01. The summed E-state index contributed by atoms with van der Waals surface area (Å²) in [5, 5.41) is 47.5. The van der Waals surface area contributed by atoms with E-state index in [1.165, 1.54) is 14.2 Å². The Morgan fingerprint density at radius 1 is 0.690 bits per heavy atom. The average Bonchev–Trinajstić information content (AvgIpc) is 2.73. The van der Waals surface area contributed by atoms with Crippen molar-refractivity contribution in [3.63, 3.8) is 0 Å². The summed E-state index contributed by atoms with van der Waals surface area (Å²) in [5.41, 5.74) is 0. The van der Waals surface area contributed by atoms with Crippen molar-refractivity contribution in [2.45, 2.75) is 63.4 Å². The quantitative estimate of drug-likeness (QED) is 0.148. The molecule has 0 aromatic rings. The zero-order chi connectivity index (χ0) is 22.2. The highest BCUT2D eigenvalue weighted by molar-refractivity contribution is 4.70. The van der Waals surface area contributed by atoms with Crippen LogP contribution in [0.15, 0.2) is 0 Å². The molecule has 0 bridgehead atoms. The fourth-order valence-electron chi connectivity index (χ4n) is 2.22. The molecular weight excluding hydrogens is 392 g/mol. The van der Waals surface area contributed by atoms with Crippen LogP contribution in [-0.4, -0.2) is 122 Å². The highest BCUT2D eigenvalue weighted by atomic mass is 16.7. The van der Waals surface area contributed by atoms with Gasteiger partial charge in [0.2, 0.25) is 0 Å². The maximum absolute atomic E-state index is 9.90. The predicted octanol–water partition coefficient (Wildman–Crippen LogP) is -1.77. The molecule has 0 saturated heterocycles. The molecule has 0 aliphatic heterocycles. The molecule has 0 radical (unpaired) electrons. The van der Waals surface area contributed by atoms with Crippen LogP contribution >= 0.6 is 0 Å². The average molecular weight is 430 g/mol. The summed E-state index contributed by atoms with van der Waals surface area (Å²) in [4.78, 5) is 0. The fraction of sp³-hybridized carbons (Fsp3) is 1.00. The van der Waals surface area contributed by atoms with E-state index in [2.05, 4.69) is 0 Å². The number of methoxy groups -OCH3 is 2. The van der Waals surface area contributed by atoms with Gasteiger partial charge in [0.25, 0.3) is 0 Å². The maximum Gasteiger partial charge on any atom is 0.181 e. The second-order valence-electron chi connectivity index (χ2n) is 6.49. The zero-order valence-electron chi connectivity index (χ0n) is 17.7. The summed E-state index contributed by atoms with van der Waals surface area (Å²) < 4.78 is 32.3. The number of hydrogen-bond acceptors (Lipinski definition) is 11. The normalized spacial score (nSPS) is 19.3. The topological polar surface area (TPSA) is 157 Å². The van der Waals surface area contributed by atoms with Crippen molar-refractivity contribution in [2.24, 2.45) is 0 Å². The van der Waals surface area contributed by atoms with E-state index in [-0.39, 0.29) is 25.9 Å². The molecule has 176 valence electrons. The molecule has 0 aromatic carbocycles. The molecular formula is C18H38O11. The number of hydrogen-bond donors (Lipinski definition) is 5. The molecule has 0 amide bonds. The van der Waals surface area contributed by atoms with Crippen LogP contribution in [0.1, 0.15) is 20.3 Å². The number of aliphatic hydroxyl groups excluding tert-OH is 5. The van der Waals surface area contributed by atoms with Crippen molar-refractivity contribution < 1.29 is 54.0 Å². The highest BCUT2D eigenvalue weighted by Crippen LogP contribution is 2.13. The Morgan fingerprint density at radius 3 is 1.55 bits per heavy atom. The summed E-state index contributed by atoms with van der Waals surface area (Å²) >= 11 is 0. The minimum Gasteiger partial charge on any atom is -0.394 e. The van der Waals surface area contributed by atoms with E-state index in [0.717, 1.165) is 0 Å². The van der Waals surface area contributed by atoms with Gasteiger partial charge < -0.3 is 54.0 Å². The molecule has 11 heteroatoms. The van der Waals surface area contributed by atoms with E-state index in [1.807, 2.05) is 13.8 Å². The standard InChI is InChI=1S/C18H38O11/c1-5-12(2)27-18(29-16(10-25-4)14(23)7-20)11-26-17(8-21)28-15(9-24-3)13(22)6-19/h12-23H,5-11H2,1-4H3/t12?,13-,14-,15?,16?,17+,18+/m0/s1. The van der Waals surface area contributed by atoms with Gasteiger partial charge >= 0.3 is 0 Å².